The van der Waals surface area contributed by atoms with Crippen molar-refractivity contribution < 1.29 is 18.3 Å². The maximum Gasteiger partial charge on any atom is 0.303 e. The molecule has 1 spiro atoms. The largest absolute Gasteiger partial charge is 0.481 e. The smallest absolute Gasteiger partial charge is 0.303 e. The van der Waals surface area contributed by atoms with Gasteiger partial charge < -0.3 is 10.4 Å². The number of carbonyl (C=O) groups is 1. The third-order valence-electron chi connectivity index (χ3n) is 4.39. The van der Waals surface area contributed by atoms with Crippen LogP contribution in [0.3, 0.4) is 0 Å². The molecule has 6 nitrogen and oxygen atoms in total. The average Bonchev–Trinajstić information content (AvgIpc) is 2.39. The Balaban J connectivity index is 2.08. The summed E-state index contributed by atoms with van der Waals surface area (Å²) in [4.78, 5) is 10.5. The number of nitrogens with zero attached hydrogens (tertiary/aromatic N) is 1. The summed E-state index contributed by atoms with van der Waals surface area (Å²) >= 11 is 0. The molecule has 20 heavy (non-hydrogen) atoms. The number of carboxylic acid groups (broad SMARTS) is 1. The third kappa shape index (κ3) is 3.51. The first kappa shape index (κ1) is 15.7. The average molecular weight is 304 g/mol. The molecule has 1 aliphatic carbocycles. The second-order valence-electron chi connectivity index (χ2n) is 5.85. The van der Waals surface area contributed by atoms with Gasteiger partial charge in [-0.3, -0.25) is 4.79 Å². The number of hydrogen-bond donors (Lipinski definition) is 2. The molecule has 1 saturated heterocycles. The molecule has 2 rings (SSSR count). The van der Waals surface area contributed by atoms with E-state index in [1.807, 2.05) is 0 Å². The summed E-state index contributed by atoms with van der Waals surface area (Å²) in [5.41, 5.74) is -0.265. The summed E-state index contributed by atoms with van der Waals surface area (Å²) in [6.45, 7) is 1.92. The lowest BCUT2D eigenvalue weighted by molar-refractivity contribution is -0.137. The number of aliphatic carboxylic acids is 1. The molecule has 0 unspecified atom stereocenters. The van der Waals surface area contributed by atoms with E-state index in [1.165, 1.54) is 6.42 Å². The van der Waals surface area contributed by atoms with E-state index in [0.29, 0.717) is 13.1 Å². The minimum atomic E-state index is -3.36. The van der Waals surface area contributed by atoms with Crippen molar-refractivity contribution in [2.45, 2.75) is 50.5 Å². The molecule has 2 aliphatic rings. The molecule has 1 saturated carbocycles. The quantitative estimate of drug-likeness (QED) is 0.784. The predicted octanol–water partition coefficient (Wildman–Crippen LogP) is 0.789. The Morgan fingerprint density at radius 3 is 2.60 bits per heavy atom. The van der Waals surface area contributed by atoms with E-state index in [2.05, 4.69) is 5.32 Å². The van der Waals surface area contributed by atoms with E-state index in [4.69, 9.17) is 5.11 Å². The number of nitrogens with one attached hydrogen (secondary N) is 1. The summed E-state index contributed by atoms with van der Waals surface area (Å²) < 4.78 is 26.8. The van der Waals surface area contributed by atoms with Crippen LogP contribution >= 0.6 is 0 Å². The monoisotopic (exact) mass is 304 g/mol. The van der Waals surface area contributed by atoms with Crippen molar-refractivity contribution in [3.8, 4) is 0 Å². The highest BCUT2D eigenvalue weighted by molar-refractivity contribution is 7.89. The number of hydrogen-bond acceptors (Lipinski definition) is 4. The molecule has 1 heterocycles. The fourth-order valence-corrected chi connectivity index (χ4v) is 5.35. The highest BCUT2D eigenvalue weighted by atomic mass is 32.2. The lowest BCUT2D eigenvalue weighted by atomic mass is 9.80. The Morgan fingerprint density at radius 1 is 1.25 bits per heavy atom. The number of sulfonamides is 1. The Bertz CT molecular complexity index is 435. The maximum atomic E-state index is 12.5. The molecule has 0 amide bonds. The van der Waals surface area contributed by atoms with Gasteiger partial charge in [-0.1, -0.05) is 19.3 Å². The SMILES string of the molecule is O=C(O)CCCS(=O)(=O)N1CCNCC12CCCCC2. The zero-order valence-electron chi connectivity index (χ0n) is 11.8. The van der Waals surface area contributed by atoms with Gasteiger partial charge in [0.15, 0.2) is 0 Å². The molecule has 2 N–H and O–H groups in total. The third-order valence-corrected chi connectivity index (χ3v) is 6.43. The number of piperazine rings is 1. The Hall–Kier alpha value is -0.660. The number of rotatable bonds is 5. The van der Waals surface area contributed by atoms with Crippen molar-refractivity contribution in [3.05, 3.63) is 0 Å². The van der Waals surface area contributed by atoms with E-state index in [0.717, 1.165) is 32.2 Å². The highest BCUT2D eigenvalue weighted by Gasteiger charge is 2.45. The van der Waals surface area contributed by atoms with Gasteiger partial charge in [-0.05, 0) is 19.3 Å². The van der Waals surface area contributed by atoms with E-state index in [9.17, 15) is 13.2 Å². The minimum Gasteiger partial charge on any atom is -0.481 e. The molecule has 2 fully saturated rings. The van der Waals surface area contributed by atoms with Crippen LogP contribution in [0.2, 0.25) is 0 Å². The minimum absolute atomic E-state index is 0.0545. The van der Waals surface area contributed by atoms with E-state index >= 15 is 0 Å². The molecule has 0 radical (unpaired) electrons. The fraction of sp³-hybridized carbons (Fsp3) is 0.923. The molecule has 116 valence electrons. The van der Waals surface area contributed by atoms with Crippen LogP contribution in [-0.4, -0.2) is 54.7 Å². The summed E-state index contributed by atoms with van der Waals surface area (Å²) in [6, 6.07) is 0. The molecule has 0 aromatic carbocycles. The summed E-state index contributed by atoms with van der Waals surface area (Å²) in [5, 5.41) is 12.0. The first-order chi connectivity index (χ1) is 9.46. The summed E-state index contributed by atoms with van der Waals surface area (Å²) in [5.74, 6) is -0.992. The van der Waals surface area contributed by atoms with Crippen molar-refractivity contribution in [2.24, 2.45) is 0 Å². The predicted molar refractivity (Wildman–Crippen MR) is 76.0 cm³/mol. The molecule has 0 atom stereocenters. The second-order valence-corrected chi connectivity index (χ2v) is 7.86. The van der Waals surface area contributed by atoms with Crippen LogP contribution in [-0.2, 0) is 14.8 Å². The lowest BCUT2D eigenvalue weighted by Gasteiger charge is -2.48. The van der Waals surface area contributed by atoms with Crippen LogP contribution in [0.5, 0.6) is 0 Å². The second kappa shape index (κ2) is 6.41. The molecular weight excluding hydrogens is 280 g/mol. The van der Waals surface area contributed by atoms with Gasteiger partial charge in [-0.15, -0.1) is 0 Å². The van der Waals surface area contributed by atoms with Gasteiger partial charge in [-0.2, -0.15) is 4.31 Å². The van der Waals surface area contributed by atoms with E-state index in [-0.39, 0.29) is 24.1 Å². The van der Waals surface area contributed by atoms with Crippen molar-refractivity contribution in [1.29, 1.82) is 0 Å². The first-order valence-electron chi connectivity index (χ1n) is 7.39. The van der Waals surface area contributed by atoms with Crippen LogP contribution < -0.4 is 5.32 Å². The van der Waals surface area contributed by atoms with Crippen molar-refractivity contribution in [2.75, 3.05) is 25.4 Å². The van der Waals surface area contributed by atoms with E-state index in [1.54, 1.807) is 4.31 Å². The van der Waals surface area contributed by atoms with Gasteiger partial charge in [0.1, 0.15) is 0 Å². The topological polar surface area (TPSA) is 86.7 Å². The first-order valence-corrected chi connectivity index (χ1v) is 9.00. The molecule has 7 heteroatoms. The van der Waals surface area contributed by atoms with Gasteiger partial charge in [-0.25, -0.2) is 8.42 Å². The zero-order valence-corrected chi connectivity index (χ0v) is 12.6. The summed E-state index contributed by atoms with van der Waals surface area (Å²) in [7, 11) is -3.36. The Morgan fingerprint density at radius 2 is 1.95 bits per heavy atom. The molecule has 0 aromatic heterocycles. The van der Waals surface area contributed by atoms with E-state index < -0.39 is 16.0 Å². The zero-order chi connectivity index (χ0) is 14.6. The number of carboxylic acids is 1. The van der Waals surface area contributed by atoms with Gasteiger partial charge in [0.25, 0.3) is 0 Å². The van der Waals surface area contributed by atoms with Crippen molar-refractivity contribution >= 4 is 16.0 Å². The molecule has 0 aromatic rings. The van der Waals surface area contributed by atoms with Crippen LogP contribution in [0.25, 0.3) is 0 Å². The maximum absolute atomic E-state index is 12.5. The molecule has 0 bridgehead atoms. The Kier molecular flexibility index (Phi) is 5.04. The van der Waals surface area contributed by atoms with Crippen LogP contribution in [0.4, 0.5) is 0 Å². The normalized spacial score (nSPS) is 23.8. The molecular formula is C13H24N2O4S. The fourth-order valence-electron chi connectivity index (χ4n) is 3.41. The van der Waals surface area contributed by atoms with Gasteiger partial charge in [0.05, 0.1) is 5.75 Å². The summed E-state index contributed by atoms with van der Waals surface area (Å²) in [6.07, 6.45) is 5.26. The van der Waals surface area contributed by atoms with Crippen LogP contribution in [0.1, 0.15) is 44.9 Å². The standard InChI is InChI=1S/C13H24N2O4S/c16-12(17)5-4-10-20(18,19)15-9-8-14-11-13(15)6-2-1-3-7-13/h14H,1-11H2,(H,16,17). The van der Waals surface area contributed by atoms with Crippen LogP contribution in [0.15, 0.2) is 0 Å². The van der Waals surface area contributed by atoms with Crippen LogP contribution in [0, 0.1) is 0 Å². The van der Waals surface area contributed by atoms with Crippen molar-refractivity contribution in [1.82, 2.24) is 9.62 Å². The lowest BCUT2D eigenvalue weighted by Crippen LogP contribution is -2.63. The van der Waals surface area contributed by atoms with Gasteiger partial charge >= 0.3 is 5.97 Å². The Labute approximate surface area is 120 Å². The van der Waals surface area contributed by atoms with Crippen molar-refractivity contribution in [3.63, 3.8) is 0 Å². The highest BCUT2D eigenvalue weighted by Crippen LogP contribution is 2.36. The van der Waals surface area contributed by atoms with Gasteiger partial charge in [0.2, 0.25) is 10.0 Å². The van der Waals surface area contributed by atoms with Gasteiger partial charge in [0, 0.05) is 31.6 Å². The molecule has 1 aliphatic heterocycles.